The Hall–Kier alpha value is -6.27. The average molecular weight is 791 g/mol. The summed E-state index contributed by atoms with van der Waals surface area (Å²) in [4.78, 5) is 28.2. The van der Waals surface area contributed by atoms with Crippen LogP contribution in [0.4, 0.5) is 11.4 Å². The lowest BCUT2D eigenvalue weighted by Crippen LogP contribution is -2.41. The first-order chi connectivity index (χ1) is 27.8. The fourth-order valence-electron chi connectivity index (χ4n) is 7.01. The number of hydrogen-bond donors (Lipinski definition) is 0. The second-order valence-electron chi connectivity index (χ2n) is 15.0. The van der Waals surface area contributed by atoms with Crippen molar-refractivity contribution < 1.29 is 19.2 Å². The lowest BCUT2D eigenvalue weighted by Gasteiger charge is -2.32. The van der Waals surface area contributed by atoms with E-state index in [0.717, 1.165) is 35.0 Å². The molecule has 0 radical (unpaired) electrons. The summed E-state index contributed by atoms with van der Waals surface area (Å²) in [5, 5.41) is 21.3. The molecule has 2 aromatic heterocycles. The summed E-state index contributed by atoms with van der Waals surface area (Å²) in [6.45, 7) is 8.37. The summed E-state index contributed by atoms with van der Waals surface area (Å²) in [6, 6.07) is 39.2. The Morgan fingerprint density at radius 2 is 1.10 bits per heavy atom. The third-order valence-electron chi connectivity index (χ3n) is 10.8. The Labute approximate surface area is 342 Å². The van der Waals surface area contributed by atoms with Crippen molar-refractivity contribution in [2.45, 2.75) is 51.7 Å². The highest BCUT2D eigenvalue weighted by atomic mass is 35.5. The molecular weight excluding hydrogens is 751 g/mol. The molecule has 58 heavy (non-hydrogen) atoms. The van der Waals surface area contributed by atoms with Crippen molar-refractivity contribution in [2.24, 2.45) is 0 Å². The molecule has 9 rings (SSSR count). The van der Waals surface area contributed by atoms with E-state index in [2.05, 4.69) is 110 Å². The zero-order valence-corrected chi connectivity index (χ0v) is 33.2. The van der Waals surface area contributed by atoms with E-state index in [4.69, 9.17) is 20.9 Å². The van der Waals surface area contributed by atoms with Gasteiger partial charge < -0.3 is 9.31 Å². The van der Waals surface area contributed by atoms with Crippen LogP contribution in [0.1, 0.15) is 61.1 Å². The molecule has 1 saturated heterocycles. The molecule has 0 unspecified atom stereocenters. The maximum Gasteiger partial charge on any atom is 0.494 e. The van der Waals surface area contributed by atoms with Gasteiger partial charge >= 0.3 is 12.8 Å². The monoisotopic (exact) mass is 790 g/mol. The van der Waals surface area contributed by atoms with Crippen molar-refractivity contribution in [1.29, 1.82) is 0 Å². The van der Waals surface area contributed by atoms with Gasteiger partial charge in [-0.15, -0.1) is 0 Å². The van der Waals surface area contributed by atoms with Crippen LogP contribution in [0.2, 0.25) is 5.15 Å². The minimum Gasteiger partial charge on any atom is -0.399 e. The topological polar surface area (TPSA) is 131 Å². The summed E-state index contributed by atoms with van der Waals surface area (Å²) in [6.07, 6.45) is 9.37. The molecule has 0 spiro atoms. The van der Waals surface area contributed by atoms with Crippen molar-refractivity contribution >= 4 is 46.7 Å². The van der Waals surface area contributed by atoms with E-state index >= 15 is 0 Å². The maximum absolute atomic E-state index is 11.3. The van der Waals surface area contributed by atoms with Crippen molar-refractivity contribution in [1.82, 2.24) is 9.97 Å². The van der Waals surface area contributed by atoms with E-state index in [1.165, 1.54) is 57.8 Å². The third kappa shape index (κ3) is 8.38. The average Bonchev–Trinajstić information content (AvgIpc) is 3.91. The standard InChI is InChI=1S/C21H23BO2.C20H14N2O2.C5H3ClN2O2/c1-20(2)21(3,4)24-22(23-20)17-12-10-16-11-13-18(19(16)14-17)15-8-6-5-7-9-15;23-22(24)19-7-4-12-21-20(19)16-9-8-15-10-11-17(18(15)13-16)14-5-2-1-3-6-14;6-5-4(8(9)10)2-1-3-7-5/h5-10,12-14H,11H2,1-4H3;1-9,11-13H,10H2;1-3H. The SMILES string of the molecule is CC1(C)OB(c2ccc3c(c2)C(c2ccccc2)=CC3)OC1(C)C.O=[N+]([O-])c1cccnc1-c1ccc2c(c1)C(c1ccccc1)=CC2.O=[N+]([O-])c1cccnc1Cl. The van der Waals surface area contributed by atoms with E-state index in [1.807, 2.05) is 36.4 Å². The van der Waals surface area contributed by atoms with Gasteiger partial charge in [-0.05, 0) is 109 Å². The maximum atomic E-state index is 11.3. The Balaban J connectivity index is 0.000000144. The first-order valence-electron chi connectivity index (χ1n) is 18.8. The number of hydrogen-bond acceptors (Lipinski definition) is 8. The number of pyridine rings is 2. The first-order valence-corrected chi connectivity index (χ1v) is 19.2. The van der Waals surface area contributed by atoms with Gasteiger partial charge in [-0.2, -0.15) is 0 Å². The fraction of sp³-hybridized carbons (Fsp3) is 0.174. The molecule has 0 atom stereocenters. The highest BCUT2D eigenvalue weighted by Gasteiger charge is 2.51. The first kappa shape index (κ1) is 40.0. The molecule has 10 nitrogen and oxygen atoms in total. The molecular formula is C46H40BClN4O6. The van der Waals surface area contributed by atoms with Gasteiger partial charge in [0.2, 0.25) is 5.15 Å². The second kappa shape index (κ2) is 16.7. The van der Waals surface area contributed by atoms with Crippen molar-refractivity contribution in [3.05, 3.63) is 205 Å². The predicted molar refractivity (Wildman–Crippen MR) is 229 cm³/mol. The lowest BCUT2D eigenvalue weighted by atomic mass is 9.77. The number of nitro groups is 2. The molecule has 1 aliphatic heterocycles. The normalized spacial score (nSPS) is 15.4. The van der Waals surface area contributed by atoms with Gasteiger partial charge in [0, 0.05) is 30.1 Å². The number of halogens is 1. The molecule has 0 bridgehead atoms. The molecule has 0 N–H and O–H groups in total. The Kier molecular flexibility index (Phi) is 11.5. The largest absolute Gasteiger partial charge is 0.494 e. The van der Waals surface area contributed by atoms with Crippen LogP contribution in [0, 0.1) is 20.2 Å². The van der Waals surface area contributed by atoms with Crippen molar-refractivity contribution in [3.8, 4) is 11.3 Å². The Morgan fingerprint density at radius 3 is 1.62 bits per heavy atom. The Morgan fingerprint density at radius 1 is 0.603 bits per heavy atom. The number of benzene rings is 4. The quantitative estimate of drug-likeness (QED) is 0.0705. The minimum atomic E-state index is -0.574. The van der Waals surface area contributed by atoms with Gasteiger partial charge in [-0.3, -0.25) is 20.2 Å². The van der Waals surface area contributed by atoms with Crippen LogP contribution in [0.3, 0.4) is 0 Å². The van der Waals surface area contributed by atoms with Crippen LogP contribution in [0.15, 0.2) is 146 Å². The van der Waals surface area contributed by atoms with Crippen LogP contribution in [-0.2, 0) is 22.2 Å². The summed E-state index contributed by atoms with van der Waals surface area (Å²) in [5.41, 5.74) is 11.4. The van der Waals surface area contributed by atoms with Crippen molar-refractivity contribution in [2.75, 3.05) is 0 Å². The zero-order valence-electron chi connectivity index (χ0n) is 32.5. The van der Waals surface area contributed by atoms with Crippen LogP contribution in [-0.4, -0.2) is 38.1 Å². The lowest BCUT2D eigenvalue weighted by molar-refractivity contribution is -0.385. The fourth-order valence-corrected chi connectivity index (χ4v) is 7.20. The molecule has 0 amide bonds. The molecule has 290 valence electrons. The smallest absolute Gasteiger partial charge is 0.399 e. The second-order valence-corrected chi connectivity index (χ2v) is 15.3. The molecule has 2 aliphatic carbocycles. The minimum absolute atomic E-state index is 0.0284. The molecule has 3 aliphatic rings. The molecule has 6 aromatic rings. The molecule has 1 fully saturated rings. The van der Waals surface area contributed by atoms with Crippen LogP contribution in [0.25, 0.3) is 22.4 Å². The van der Waals surface area contributed by atoms with Crippen LogP contribution in [0.5, 0.6) is 0 Å². The molecule has 12 heteroatoms. The van der Waals surface area contributed by atoms with Crippen LogP contribution < -0.4 is 5.46 Å². The van der Waals surface area contributed by atoms with Gasteiger partial charge in [0.25, 0.3) is 5.69 Å². The molecule has 3 heterocycles. The summed E-state index contributed by atoms with van der Waals surface area (Å²) in [7, 11) is -0.307. The number of rotatable bonds is 6. The van der Waals surface area contributed by atoms with E-state index in [1.54, 1.807) is 12.3 Å². The number of allylic oxidation sites excluding steroid dienone is 2. The molecule has 4 aromatic carbocycles. The van der Waals surface area contributed by atoms with E-state index in [0.29, 0.717) is 5.69 Å². The van der Waals surface area contributed by atoms with Gasteiger partial charge in [0.05, 0.1) is 21.0 Å². The van der Waals surface area contributed by atoms with E-state index in [9.17, 15) is 20.2 Å². The molecule has 0 saturated carbocycles. The highest BCUT2D eigenvalue weighted by molar-refractivity contribution is 6.62. The zero-order chi connectivity index (χ0) is 41.0. The summed E-state index contributed by atoms with van der Waals surface area (Å²) in [5.74, 6) is 0. The summed E-state index contributed by atoms with van der Waals surface area (Å²) < 4.78 is 12.4. The number of aromatic nitrogens is 2. The predicted octanol–water partition coefficient (Wildman–Crippen LogP) is 10.3. The third-order valence-corrected chi connectivity index (χ3v) is 11.1. The number of nitrogens with zero attached hydrogens (tertiary/aromatic N) is 4. The van der Waals surface area contributed by atoms with E-state index < -0.39 is 4.92 Å². The van der Waals surface area contributed by atoms with Gasteiger partial charge in [0.1, 0.15) is 5.69 Å². The number of fused-ring (bicyclic) bond motifs is 2. The van der Waals surface area contributed by atoms with Gasteiger partial charge in [-0.25, -0.2) is 9.97 Å². The van der Waals surface area contributed by atoms with Crippen LogP contribution >= 0.6 is 11.6 Å². The van der Waals surface area contributed by atoms with Gasteiger partial charge in [0.15, 0.2) is 0 Å². The Bertz CT molecular complexity index is 2550. The highest BCUT2D eigenvalue weighted by Crippen LogP contribution is 2.39. The summed E-state index contributed by atoms with van der Waals surface area (Å²) >= 11 is 5.37. The van der Waals surface area contributed by atoms with E-state index in [-0.39, 0.29) is 39.8 Å². The van der Waals surface area contributed by atoms with Gasteiger partial charge in [-0.1, -0.05) is 115 Å². The van der Waals surface area contributed by atoms with Crippen molar-refractivity contribution in [3.63, 3.8) is 0 Å².